The van der Waals surface area contributed by atoms with Crippen molar-refractivity contribution in [3.63, 3.8) is 0 Å². The number of nitrogens with zero attached hydrogens (tertiary/aromatic N) is 2. The van der Waals surface area contributed by atoms with Gasteiger partial charge in [0.2, 0.25) is 0 Å². The van der Waals surface area contributed by atoms with E-state index in [1.165, 1.54) is 43.5 Å². The molecule has 0 saturated carbocycles. The third-order valence-corrected chi connectivity index (χ3v) is 5.44. The minimum absolute atomic E-state index is 0.0813. The Kier molecular flexibility index (Phi) is 5.73. The van der Waals surface area contributed by atoms with Crippen molar-refractivity contribution in [2.24, 2.45) is 4.99 Å². The molecule has 0 saturated heterocycles. The molecule has 0 bridgehead atoms. The maximum atomic E-state index is 14.4. The van der Waals surface area contributed by atoms with Crippen LogP contribution in [0.15, 0.2) is 69.2 Å². The van der Waals surface area contributed by atoms with Gasteiger partial charge >= 0.3 is 18.0 Å². The van der Waals surface area contributed by atoms with E-state index in [0.29, 0.717) is 10.1 Å². The lowest BCUT2D eigenvalue weighted by Crippen LogP contribution is -2.59. The quantitative estimate of drug-likeness (QED) is 0.536. The zero-order valence-corrected chi connectivity index (χ0v) is 17.8. The van der Waals surface area contributed by atoms with Crippen LogP contribution in [0.4, 0.5) is 32.2 Å². The molecule has 2 heterocycles. The third-order valence-electron chi connectivity index (χ3n) is 5.44. The number of benzene rings is 2. The van der Waals surface area contributed by atoms with Gasteiger partial charge in [0.05, 0.1) is 19.2 Å². The fourth-order valence-electron chi connectivity index (χ4n) is 3.86. The SMILES string of the molecule is COc1ccccc1C1=NC(C(F)(F)F)(C(F)(F)F)c2c(n(Cc3ccccc3)c(=O)[nH]c2=O)N1. The number of hydrogen-bond acceptors (Lipinski definition) is 5. The first-order chi connectivity index (χ1) is 16.4. The summed E-state index contributed by atoms with van der Waals surface area (Å²) in [6.07, 6.45) is -12.2. The second kappa shape index (κ2) is 8.32. The van der Waals surface area contributed by atoms with Crippen LogP contribution in [0.25, 0.3) is 0 Å². The summed E-state index contributed by atoms with van der Waals surface area (Å²) in [5, 5.41) is 2.37. The number of para-hydroxylation sites is 1. The number of H-pyrrole nitrogens is 1. The van der Waals surface area contributed by atoms with Crippen molar-refractivity contribution in [1.29, 1.82) is 0 Å². The monoisotopic (exact) mass is 498 g/mol. The van der Waals surface area contributed by atoms with Gasteiger partial charge in [0.15, 0.2) is 0 Å². The van der Waals surface area contributed by atoms with Crippen LogP contribution in [0.2, 0.25) is 0 Å². The van der Waals surface area contributed by atoms with Gasteiger partial charge in [-0.2, -0.15) is 26.3 Å². The molecule has 0 spiro atoms. The van der Waals surface area contributed by atoms with Crippen molar-refractivity contribution in [3.8, 4) is 5.75 Å². The van der Waals surface area contributed by atoms with E-state index < -0.39 is 52.9 Å². The van der Waals surface area contributed by atoms with Gasteiger partial charge in [-0.3, -0.25) is 14.3 Å². The minimum atomic E-state index is -6.10. The van der Waals surface area contributed by atoms with E-state index in [0.717, 1.165) is 0 Å². The Balaban J connectivity index is 2.12. The molecule has 3 aromatic rings. The molecule has 0 amide bonds. The standard InChI is InChI=1S/C22H16F6N4O3/c1-35-14-10-6-5-9-13(14)16-29-17-15(20(31-16,21(23,24)25)22(26,27)28)18(33)30-19(34)32(17)11-12-7-3-2-4-8-12/h2-10H,11H2,1H3,(H,29,31)(H,30,33,34). The highest BCUT2D eigenvalue weighted by atomic mass is 19.4. The maximum absolute atomic E-state index is 14.4. The van der Waals surface area contributed by atoms with Gasteiger partial charge in [-0.1, -0.05) is 42.5 Å². The molecular formula is C22H16F6N4O3. The Morgan fingerprint density at radius 3 is 2.14 bits per heavy atom. The number of halogens is 6. The van der Waals surface area contributed by atoms with Crippen molar-refractivity contribution in [1.82, 2.24) is 9.55 Å². The summed E-state index contributed by atoms with van der Waals surface area (Å²) in [6, 6.07) is 13.1. The average Bonchev–Trinajstić information content (AvgIpc) is 2.80. The molecule has 4 rings (SSSR count). The number of ether oxygens (including phenoxy) is 1. The Morgan fingerprint density at radius 1 is 0.943 bits per heavy atom. The Bertz CT molecular complexity index is 1390. The first kappa shape index (κ1) is 24.1. The van der Waals surface area contributed by atoms with Crippen molar-refractivity contribution in [2.45, 2.75) is 24.4 Å². The van der Waals surface area contributed by atoms with Crippen LogP contribution < -0.4 is 21.3 Å². The van der Waals surface area contributed by atoms with E-state index in [9.17, 15) is 35.9 Å². The Morgan fingerprint density at radius 2 is 1.54 bits per heavy atom. The van der Waals surface area contributed by atoms with Gasteiger partial charge in [0, 0.05) is 0 Å². The molecule has 2 aromatic carbocycles. The van der Waals surface area contributed by atoms with Crippen LogP contribution in [0, 0.1) is 0 Å². The number of methoxy groups -OCH3 is 1. The second-order valence-electron chi connectivity index (χ2n) is 7.55. The van der Waals surface area contributed by atoms with Crippen LogP contribution in [-0.4, -0.2) is 34.8 Å². The van der Waals surface area contributed by atoms with Crippen LogP contribution in [0.5, 0.6) is 5.75 Å². The summed E-state index contributed by atoms with van der Waals surface area (Å²) >= 11 is 0. The number of anilines is 1. The molecule has 7 nitrogen and oxygen atoms in total. The number of amidine groups is 1. The molecule has 0 unspecified atom stereocenters. The lowest BCUT2D eigenvalue weighted by molar-refractivity contribution is -0.301. The summed E-state index contributed by atoms with van der Waals surface area (Å²) < 4.78 is 91.8. The number of aliphatic imine (C=N–C) groups is 1. The number of aromatic nitrogens is 2. The molecule has 1 aliphatic rings. The molecule has 1 aromatic heterocycles. The van der Waals surface area contributed by atoms with Crippen LogP contribution >= 0.6 is 0 Å². The summed E-state index contributed by atoms with van der Waals surface area (Å²) in [7, 11) is 1.17. The molecule has 0 fully saturated rings. The van der Waals surface area contributed by atoms with Crippen LogP contribution in [-0.2, 0) is 12.1 Å². The molecule has 2 N–H and O–H groups in total. The number of fused-ring (bicyclic) bond motifs is 1. The van der Waals surface area contributed by atoms with Crippen molar-refractivity contribution >= 4 is 11.7 Å². The summed E-state index contributed by atoms with van der Waals surface area (Å²) in [5.41, 5.74) is -9.67. The van der Waals surface area contributed by atoms with Gasteiger partial charge in [-0.25, -0.2) is 9.79 Å². The van der Waals surface area contributed by atoms with Gasteiger partial charge in [-0.05, 0) is 17.7 Å². The van der Waals surface area contributed by atoms with Crippen molar-refractivity contribution in [2.75, 3.05) is 12.4 Å². The molecular weight excluding hydrogens is 482 g/mol. The fourth-order valence-corrected chi connectivity index (χ4v) is 3.86. The Hall–Kier alpha value is -4.03. The van der Waals surface area contributed by atoms with E-state index in [2.05, 4.69) is 10.3 Å². The number of aromatic amines is 1. The lowest BCUT2D eigenvalue weighted by Gasteiger charge is -2.38. The van der Waals surface area contributed by atoms with Gasteiger partial charge in [-0.15, -0.1) is 0 Å². The minimum Gasteiger partial charge on any atom is -0.496 e. The zero-order chi connectivity index (χ0) is 25.6. The average molecular weight is 498 g/mol. The number of nitrogens with one attached hydrogen (secondary N) is 2. The van der Waals surface area contributed by atoms with E-state index >= 15 is 0 Å². The normalized spacial score (nSPS) is 15.1. The molecule has 0 atom stereocenters. The van der Waals surface area contributed by atoms with E-state index in [4.69, 9.17) is 4.74 Å². The van der Waals surface area contributed by atoms with E-state index in [1.807, 2.05) is 0 Å². The first-order valence-electron chi connectivity index (χ1n) is 9.96. The largest absolute Gasteiger partial charge is 0.496 e. The third kappa shape index (κ3) is 3.86. The van der Waals surface area contributed by atoms with Crippen LogP contribution in [0.3, 0.4) is 0 Å². The Labute approximate surface area is 192 Å². The van der Waals surface area contributed by atoms with Gasteiger partial charge < -0.3 is 10.1 Å². The van der Waals surface area contributed by atoms with E-state index in [-0.39, 0.29) is 11.3 Å². The predicted octanol–water partition coefficient (Wildman–Crippen LogP) is 3.79. The van der Waals surface area contributed by atoms with E-state index in [1.54, 1.807) is 23.2 Å². The first-order valence-corrected chi connectivity index (χ1v) is 9.96. The number of rotatable bonds is 4. The fraction of sp³-hybridized carbons (Fsp3) is 0.227. The van der Waals surface area contributed by atoms with Crippen molar-refractivity contribution in [3.05, 3.63) is 92.1 Å². The predicted molar refractivity (Wildman–Crippen MR) is 114 cm³/mol. The number of hydrogen-bond donors (Lipinski definition) is 2. The number of alkyl halides is 6. The van der Waals surface area contributed by atoms with Gasteiger partial charge in [0.25, 0.3) is 11.1 Å². The molecule has 0 radical (unpaired) electrons. The van der Waals surface area contributed by atoms with Crippen LogP contribution in [0.1, 0.15) is 16.7 Å². The summed E-state index contributed by atoms with van der Waals surface area (Å²) in [5.74, 6) is -1.94. The zero-order valence-electron chi connectivity index (χ0n) is 17.8. The molecule has 1 aliphatic heterocycles. The van der Waals surface area contributed by atoms with Gasteiger partial charge in [0.1, 0.15) is 23.0 Å². The topological polar surface area (TPSA) is 88.5 Å². The molecule has 184 valence electrons. The highest BCUT2D eigenvalue weighted by Gasteiger charge is 2.75. The lowest BCUT2D eigenvalue weighted by atomic mass is 9.87. The molecule has 0 aliphatic carbocycles. The molecule has 35 heavy (non-hydrogen) atoms. The maximum Gasteiger partial charge on any atom is 0.427 e. The summed E-state index contributed by atoms with van der Waals surface area (Å²) in [4.78, 5) is 29.8. The molecule has 13 heteroatoms. The second-order valence-corrected chi connectivity index (χ2v) is 7.55. The highest BCUT2D eigenvalue weighted by Crippen LogP contribution is 2.55. The summed E-state index contributed by atoms with van der Waals surface area (Å²) in [6.45, 7) is -0.434. The highest BCUT2D eigenvalue weighted by molar-refractivity contribution is 6.11. The van der Waals surface area contributed by atoms with Crippen molar-refractivity contribution < 1.29 is 31.1 Å². The smallest absolute Gasteiger partial charge is 0.427 e.